The second kappa shape index (κ2) is 9.00. The van der Waals surface area contributed by atoms with Gasteiger partial charge in [0, 0.05) is 30.9 Å². The smallest absolute Gasteiger partial charge is 0.248 e. The van der Waals surface area contributed by atoms with Crippen LogP contribution < -0.4 is 11.1 Å². The van der Waals surface area contributed by atoms with Gasteiger partial charge < -0.3 is 11.1 Å². The van der Waals surface area contributed by atoms with Gasteiger partial charge in [-0.3, -0.25) is 9.69 Å². The normalized spacial score (nSPS) is 17.8. The monoisotopic (exact) mass is 366 g/mol. The molecule has 1 aromatic heterocycles. The Morgan fingerprint density at radius 1 is 1.26 bits per heavy atom. The Morgan fingerprint density at radius 2 is 2.00 bits per heavy atom. The fourth-order valence-electron chi connectivity index (χ4n) is 3.70. The number of primary amides is 1. The molecule has 1 saturated heterocycles. The first-order chi connectivity index (χ1) is 13.0. The van der Waals surface area contributed by atoms with Gasteiger partial charge in [-0.1, -0.05) is 38.1 Å². The van der Waals surface area contributed by atoms with Crippen LogP contribution >= 0.6 is 0 Å². The van der Waals surface area contributed by atoms with Crippen molar-refractivity contribution >= 4 is 11.7 Å². The van der Waals surface area contributed by atoms with Crippen LogP contribution in [0.5, 0.6) is 0 Å². The predicted octanol–water partition coefficient (Wildman–Crippen LogP) is 3.46. The number of carbonyl (C=O) groups is 1. The van der Waals surface area contributed by atoms with Crippen LogP contribution in [0.3, 0.4) is 0 Å². The lowest BCUT2D eigenvalue weighted by molar-refractivity contribution is 0.1000. The summed E-state index contributed by atoms with van der Waals surface area (Å²) in [5, 5.41) is 3.46. The molecule has 2 heterocycles. The molecule has 1 fully saturated rings. The summed E-state index contributed by atoms with van der Waals surface area (Å²) in [6.07, 6.45) is 5.01. The largest absolute Gasteiger partial charge is 0.366 e. The molecule has 5 heteroatoms. The third-order valence-electron chi connectivity index (χ3n) is 4.98. The van der Waals surface area contributed by atoms with Crippen LogP contribution in [0.4, 0.5) is 5.82 Å². The van der Waals surface area contributed by atoms with Gasteiger partial charge in [-0.25, -0.2) is 4.98 Å². The van der Waals surface area contributed by atoms with Gasteiger partial charge in [0.05, 0.1) is 0 Å². The maximum Gasteiger partial charge on any atom is 0.248 e. The molecule has 0 spiro atoms. The zero-order valence-corrected chi connectivity index (χ0v) is 16.3. The van der Waals surface area contributed by atoms with E-state index in [4.69, 9.17) is 5.73 Å². The summed E-state index contributed by atoms with van der Waals surface area (Å²) < 4.78 is 0. The van der Waals surface area contributed by atoms with Crippen molar-refractivity contribution in [2.45, 2.75) is 45.7 Å². The fraction of sp³-hybridized carbons (Fsp3) is 0.455. The number of nitrogens with one attached hydrogen (secondary N) is 1. The number of carbonyl (C=O) groups excluding carboxylic acids is 1. The Hall–Kier alpha value is -2.40. The minimum atomic E-state index is -0.424. The van der Waals surface area contributed by atoms with E-state index in [-0.39, 0.29) is 0 Å². The van der Waals surface area contributed by atoms with Crippen molar-refractivity contribution in [2.75, 3.05) is 18.4 Å². The third kappa shape index (κ3) is 5.79. The Kier molecular flexibility index (Phi) is 6.45. The number of nitrogens with two attached hydrogens (primary N) is 1. The van der Waals surface area contributed by atoms with Crippen molar-refractivity contribution < 1.29 is 4.79 Å². The number of nitrogens with zero attached hydrogens (tertiary/aromatic N) is 2. The van der Waals surface area contributed by atoms with Gasteiger partial charge in [-0.05, 0) is 55.0 Å². The highest BCUT2D eigenvalue weighted by molar-refractivity contribution is 5.93. The minimum Gasteiger partial charge on any atom is -0.366 e. The van der Waals surface area contributed by atoms with Gasteiger partial charge in [0.2, 0.25) is 5.91 Å². The summed E-state index contributed by atoms with van der Waals surface area (Å²) in [7, 11) is 0. The summed E-state index contributed by atoms with van der Waals surface area (Å²) in [5.74, 6) is 0.981. The number of hydrogen-bond acceptors (Lipinski definition) is 4. The summed E-state index contributed by atoms with van der Waals surface area (Å²) in [4.78, 5) is 18.1. The Morgan fingerprint density at radius 3 is 2.70 bits per heavy atom. The third-order valence-corrected chi connectivity index (χ3v) is 4.98. The van der Waals surface area contributed by atoms with Crippen molar-refractivity contribution in [3.05, 3.63) is 59.3 Å². The first-order valence-electron chi connectivity index (χ1n) is 9.82. The molecule has 27 heavy (non-hydrogen) atoms. The number of hydrogen-bond donors (Lipinski definition) is 2. The van der Waals surface area contributed by atoms with Gasteiger partial charge in [0.25, 0.3) is 0 Å². The zero-order chi connectivity index (χ0) is 19.2. The number of benzene rings is 1. The van der Waals surface area contributed by atoms with Gasteiger partial charge in [0.15, 0.2) is 0 Å². The molecule has 1 unspecified atom stereocenters. The van der Waals surface area contributed by atoms with E-state index in [1.165, 1.54) is 11.1 Å². The Bertz CT molecular complexity index is 757. The highest BCUT2D eigenvalue weighted by Gasteiger charge is 2.20. The van der Waals surface area contributed by atoms with E-state index in [9.17, 15) is 4.79 Å². The summed E-state index contributed by atoms with van der Waals surface area (Å²) >= 11 is 0. The lowest BCUT2D eigenvalue weighted by Gasteiger charge is -2.33. The quantitative estimate of drug-likeness (QED) is 0.787. The SMILES string of the molecule is CC(C)Cc1ccc(CN2CCCC(Nc3cc(C(N)=O)ccn3)C2)cc1. The zero-order valence-electron chi connectivity index (χ0n) is 16.3. The molecule has 0 saturated carbocycles. The molecule has 0 radical (unpaired) electrons. The molecular weight excluding hydrogens is 336 g/mol. The molecule has 2 aromatic rings. The van der Waals surface area contributed by atoms with Gasteiger partial charge in [-0.15, -0.1) is 0 Å². The first kappa shape index (κ1) is 19.4. The van der Waals surface area contributed by atoms with E-state index in [1.54, 1.807) is 18.3 Å². The number of piperidine rings is 1. The van der Waals surface area contributed by atoms with E-state index in [0.29, 0.717) is 17.5 Å². The standard InChI is InChI=1S/C22H30N4O/c1-16(2)12-17-5-7-18(8-6-17)14-26-11-3-4-20(15-26)25-21-13-19(22(23)27)9-10-24-21/h5-10,13,16,20H,3-4,11-12,14-15H2,1-2H3,(H2,23,27)(H,24,25). The minimum absolute atomic E-state index is 0.328. The van der Waals surface area contributed by atoms with E-state index in [1.807, 2.05) is 0 Å². The van der Waals surface area contributed by atoms with E-state index in [2.05, 4.69) is 53.3 Å². The number of pyridine rings is 1. The highest BCUT2D eigenvalue weighted by Crippen LogP contribution is 2.18. The first-order valence-corrected chi connectivity index (χ1v) is 9.82. The van der Waals surface area contributed by atoms with Gasteiger partial charge in [0.1, 0.15) is 5.82 Å². The maximum atomic E-state index is 11.3. The van der Waals surface area contributed by atoms with Gasteiger partial charge >= 0.3 is 0 Å². The number of anilines is 1. The number of aromatic nitrogens is 1. The second-order valence-electron chi connectivity index (χ2n) is 7.93. The summed E-state index contributed by atoms with van der Waals surface area (Å²) in [6.45, 7) is 7.55. The van der Waals surface area contributed by atoms with Gasteiger partial charge in [-0.2, -0.15) is 0 Å². The predicted molar refractivity (Wildman–Crippen MR) is 110 cm³/mol. The number of amides is 1. The van der Waals surface area contributed by atoms with Crippen LogP contribution in [0, 0.1) is 5.92 Å². The van der Waals surface area contributed by atoms with E-state index in [0.717, 1.165) is 44.7 Å². The maximum absolute atomic E-state index is 11.3. The molecule has 1 atom stereocenters. The van der Waals surface area contributed by atoms with E-state index < -0.39 is 5.91 Å². The molecule has 144 valence electrons. The van der Waals surface area contributed by atoms with Crippen LogP contribution in [-0.2, 0) is 13.0 Å². The van der Waals surface area contributed by atoms with Crippen LogP contribution in [-0.4, -0.2) is 34.9 Å². The average Bonchev–Trinajstić information content (AvgIpc) is 2.63. The van der Waals surface area contributed by atoms with Crippen LogP contribution in [0.2, 0.25) is 0 Å². The Labute approximate surface area is 162 Å². The molecule has 1 amide bonds. The highest BCUT2D eigenvalue weighted by atomic mass is 16.1. The number of likely N-dealkylation sites (tertiary alicyclic amines) is 1. The van der Waals surface area contributed by atoms with Crippen molar-refractivity contribution in [3.8, 4) is 0 Å². The summed E-state index contributed by atoms with van der Waals surface area (Å²) in [5.41, 5.74) is 8.61. The fourth-order valence-corrected chi connectivity index (χ4v) is 3.70. The van der Waals surface area contributed by atoms with Crippen molar-refractivity contribution in [3.63, 3.8) is 0 Å². The van der Waals surface area contributed by atoms with Crippen molar-refractivity contribution in [1.82, 2.24) is 9.88 Å². The molecule has 3 rings (SSSR count). The second-order valence-corrected chi connectivity index (χ2v) is 7.93. The molecule has 1 aromatic carbocycles. The topological polar surface area (TPSA) is 71.2 Å². The molecule has 0 aliphatic carbocycles. The van der Waals surface area contributed by atoms with Crippen LogP contribution in [0.15, 0.2) is 42.6 Å². The molecule has 5 nitrogen and oxygen atoms in total. The molecule has 3 N–H and O–H groups in total. The van der Waals surface area contributed by atoms with Crippen molar-refractivity contribution in [2.24, 2.45) is 11.7 Å². The molecule has 0 bridgehead atoms. The lowest BCUT2D eigenvalue weighted by atomic mass is 10.0. The lowest BCUT2D eigenvalue weighted by Crippen LogP contribution is -2.41. The summed E-state index contributed by atoms with van der Waals surface area (Å²) in [6, 6.07) is 12.7. The molecular formula is C22H30N4O. The van der Waals surface area contributed by atoms with Crippen molar-refractivity contribution in [1.29, 1.82) is 0 Å². The molecule has 1 aliphatic rings. The Balaban J connectivity index is 1.56. The van der Waals surface area contributed by atoms with E-state index >= 15 is 0 Å². The van der Waals surface area contributed by atoms with Crippen LogP contribution in [0.1, 0.15) is 48.2 Å². The average molecular weight is 367 g/mol. The number of rotatable bonds is 7. The molecule has 1 aliphatic heterocycles. The van der Waals surface area contributed by atoms with Crippen LogP contribution in [0.25, 0.3) is 0 Å².